The van der Waals surface area contributed by atoms with Crippen molar-refractivity contribution in [3.05, 3.63) is 11.6 Å². The van der Waals surface area contributed by atoms with Crippen LogP contribution in [0.1, 0.15) is 13.3 Å². The molecule has 12 heavy (non-hydrogen) atoms. The van der Waals surface area contributed by atoms with Crippen LogP contribution in [0.2, 0.25) is 0 Å². The summed E-state index contributed by atoms with van der Waals surface area (Å²) in [6.07, 6.45) is 1.76. The Bertz CT molecular complexity index is 203. The summed E-state index contributed by atoms with van der Waals surface area (Å²) < 4.78 is 16.4. The van der Waals surface area contributed by atoms with Gasteiger partial charge >= 0.3 is 6.15 Å². The van der Waals surface area contributed by atoms with E-state index in [1.165, 1.54) is 0 Å². The molecule has 2 N–H and O–H groups in total. The van der Waals surface area contributed by atoms with Crippen LogP contribution in [-0.2, 0) is 4.74 Å². The minimum Gasteiger partial charge on any atom is -0.452 e. The van der Waals surface area contributed by atoms with Crippen molar-refractivity contribution in [1.82, 2.24) is 5.32 Å². The summed E-state index contributed by atoms with van der Waals surface area (Å²) in [5.41, 5.74) is 1.02. The van der Waals surface area contributed by atoms with E-state index in [9.17, 15) is 4.39 Å². The van der Waals surface area contributed by atoms with Gasteiger partial charge in [-0.05, 0) is 25.5 Å². The second kappa shape index (κ2) is 4.21. The number of halogens is 1. The fraction of sp³-hybridized carbons (Fsp3) is 0.625. The second-order valence-corrected chi connectivity index (χ2v) is 2.81. The van der Waals surface area contributed by atoms with E-state index in [-0.39, 0.29) is 12.6 Å². The normalized spacial score (nSPS) is 23.2. The van der Waals surface area contributed by atoms with E-state index in [2.05, 4.69) is 10.1 Å². The molecule has 1 atom stereocenters. The number of nitrogens with one attached hydrogen (secondary N) is 2. The molecule has 0 radical (unpaired) electrons. The molecular weight excluding hydrogens is 159 g/mol. The average Bonchev–Trinajstić information content (AvgIpc) is 2.03. The maximum atomic E-state index is 11.9. The van der Waals surface area contributed by atoms with Crippen LogP contribution in [0, 0.1) is 5.41 Å². The molecule has 1 rings (SSSR count). The largest absolute Gasteiger partial charge is 0.452 e. The van der Waals surface area contributed by atoms with Crippen LogP contribution in [0.5, 0.6) is 0 Å². The molecule has 4 heteroatoms. The Morgan fingerprint density at radius 1 is 1.92 bits per heavy atom. The zero-order chi connectivity index (χ0) is 8.97. The first-order valence-electron chi connectivity index (χ1n) is 3.99. The molecule has 1 aliphatic heterocycles. The van der Waals surface area contributed by atoms with Gasteiger partial charge in [0.1, 0.15) is 6.61 Å². The third-order valence-electron chi connectivity index (χ3n) is 1.92. The van der Waals surface area contributed by atoms with Crippen LogP contribution in [0.25, 0.3) is 0 Å². The number of rotatable bonds is 2. The summed E-state index contributed by atoms with van der Waals surface area (Å²) >= 11 is 0. The van der Waals surface area contributed by atoms with E-state index in [0.29, 0.717) is 0 Å². The molecule has 1 unspecified atom stereocenters. The maximum absolute atomic E-state index is 11.9. The molecule has 0 aromatic carbocycles. The number of hydrogen-bond donors (Lipinski definition) is 2. The van der Waals surface area contributed by atoms with Crippen LogP contribution < -0.4 is 5.32 Å². The zero-order valence-electron chi connectivity index (χ0n) is 7.06. The highest BCUT2D eigenvalue weighted by Gasteiger charge is 2.12. The van der Waals surface area contributed by atoms with Crippen LogP contribution >= 0.6 is 0 Å². The molecule has 0 aromatic heterocycles. The lowest BCUT2D eigenvalue weighted by molar-refractivity contribution is 0.278. The minimum atomic E-state index is -1.21. The predicted molar refractivity (Wildman–Crippen MR) is 45.0 cm³/mol. The highest BCUT2D eigenvalue weighted by molar-refractivity contribution is 5.61. The summed E-state index contributed by atoms with van der Waals surface area (Å²) in [5, 5.41) is 9.66. The van der Waals surface area contributed by atoms with Gasteiger partial charge < -0.3 is 10.1 Å². The molecular formula is C8H13FN2O. The fourth-order valence-corrected chi connectivity index (χ4v) is 1.20. The Balaban J connectivity index is 2.39. The molecule has 68 valence electrons. The predicted octanol–water partition coefficient (Wildman–Crippen LogP) is 1.22. The lowest BCUT2D eigenvalue weighted by Crippen LogP contribution is -2.33. The Kier molecular flexibility index (Phi) is 3.22. The minimum absolute atomic E-state index is 0.184. The molecule has 1 heterocycles. The van der Waals surface area contributed by atoms with Crippen molar-refractivity contribution in [2.45, 2.75) is 19.4 Å². The third kappa shape index (κ3) is 2.62. The topological polar surface area (TPSA) is 45.1 Å². The van der Waals surface area contributed by atoms with Gasteiger partial charge in [0.25, 0.3) is 0 Å². The van der Waals surface area contributed by atoms with E-state index in [1.54, 1.807) is 0 Å². The SMILES string of the molecule is CC1NCCC=C1COC(=N)F. The van der Waals surface area contributed by atoms with Crippen molar-refractivity contribution in [2.75, 3.05) is 13.2 Å². The van der Waals surface area contributed by atoms with E-state index in [1.807, 2.05) is 13.0 Å². The quantitative estimate of drug-likeness (QED) is 0.373. The lowest BCUT2D eigenvalue weighted by atomic mass is 10.1. The highest BCUT2D eigenvalue weighted by Crippen LogP contribution is 2.08. The van der Waals surface area contributed by atoms with Crippen LogP contribution in [0.15, 0.2) is 11.6 Å². The molecule has 0 bridgehead atoms. The Morgan fingerprint density at radius 2 is 2.67 bits per heavy atom. The van der Waals surface area contributed by atoms with Gasteiger partial charge in [0.2, 0.25) is 0 Å². The Labute approximate surface area is 71.1 Å². The van der Waals surface area contributed by atoms with Gasteiger partial charge in [-0.15, -0.1) is 4.39 Å². The summed E-state index contributed by atoms with van der Waals surface area (Å²) in [5.74, 6) is 0. The molecule has 0 saturated carbocycles. The Morgan fingerprint density at radius 3 is 3.25 bits per heavy atom. The van der Waals surface area contributed by atoms with Crippen molar-refractivity contribution >= 4 is 6.15 Å². The van der Waals surface area contributed by atoms with E-state index in [4.69, 9.17) is 5.41 Å². The summed E-state index contributed by atoms with van der Waals surface area (Å²) in [6.45, 7) is 3.14. The van der Waals surface area contributed by atoms with Gasteiger partial charge in [-0.25, -0.2) is 5.41 Å². The van der Waals surface area contributed by atoms with Gasteiger partial charge in [0.15, 0.2) is 0 Å². The standard InChI is InChI=1S/C8H13FN2O/c1-6-7(3-2-4-11-6)5-12-8(9)10/h3,6,10-11H,2,4-5H2,1H3. The zero-order valence-corrected chi connectivity index (χ0v) is 7.06. The summed E-state index contributed by atoms with van der Waals surface area (Å²) in [4.78, 5) is 0. The van der Waals surface area contributed by atoms with Gasteiger partial charge in [0, 0.05) is 6.04 Å². The van der Waals surface area contributed by atoms with Gasteiger partial charge in [-0.1, -0.05) is 6.08 Å². The van der Waals surface area contributed by atoms with Gasteiger partial charge in [0.05, 0.1) is 0 Å². The molecule has 1 aliphatic rings. The monoisotopic (exact) mass is 172 g/mol. The molecule has 3 nitrogen and oxygen atoms in total. The first kappa shape index (κ1) is 9.19. The fourth-order valence-electron chi connectivity index (χ4n) is 1.20. The molecule has 0 amide bonds. The Hall–Kier alpha value is -0.900. The van der Waals surface area contributed by atoms with Gasteiger partial charge in [-0.3, -0.25) is 0 Å². The molecule has 0 spiro atoms. The van der Waals surface area contributed by atoms with Crippen molar-refractivity contribution in [3.63, 3.8) is 0 Å². The van der Waals surface area contributed by atoms with E-state index in [0.717, 1.165) is 18.5 Å². The van der Waals surface area contributed by atoms with Crippen molar-refractivity contribution in [2.24, 2.45) is 0 Å². The lowest BCUT2D eigenvalue weighted by Gasteiger charge is -2.21. The van der Waals surface area contributed by atoms with Crippen LogP contribution in [0.4, 0.5) is 4.39 Å². The molecule has 0 aliphatic carbocycles. The van der Waals surface area contributed by atoms with Crippen molar-refractivity contribution in [3.8, 4) is 0 Å². The number of ether oxygens (including phenoxy) is 1. The first-order chi connectivity index (χ1) is 5.70. The smallest absolute Gasteiger partial charge is 0.369 e. The van der Waals surface area contributed by atoms with Crippen molar-refractivity contribution in [1.29, 1.82) is 5.41 Å². The van der Waals surface area contributed by atoms with Crippen LogP contribution in [-0.4, -0.2) is 25.3 Å². The molecule has 0 aromatic rings. The summed E-state index contributed by atoms with van der Waals surface area (Å²) in [7, 11) is 0. The first-order valence-corrected chi connectivity index (χ1v) is 3.99. The van der Waals surface area contributed by atoms with Crippen LogP contribution in [0.3, 0.4) is 0 Å². The maximum Gasteiger partial charge on any atom is 0.369 e. The average molecular weight is 172 g/mol. The summed E-state index contributed by atoms with van der Waals surface area (Å²) in [6, 6.07) is 0.234. The van der Waals surface area contributed by atoms with Crippen molar-refractivity contribution < 1.29 is 9.13 Å². The third-order valence-corrected chi connectivity index (χ3v) is 1.92. The highest BCUT2D eigenvalue weighted by atomic mass is 19.1. The van der Waals surface area contributed by atoms with E-state index >= 15 is 0 Å². The molecule has 0 fully saturated rings. The number of hydrogen-bond acceptors (Lipinski definition) is 3. The second-order valence-electron chi connectivity index (χ2n) is 2.81. The van der Waals surface area contributed by atoms with E-state index < -0.39 is 6.15 Å². The van der Waals surface area contributed by atoms with Gasteiger partial charge in [-0.2, -0.15) is 0 Å². The molecule has 0 saturated heterocycles.